The monoisotopic (exact) mass is 349 g/mol. The number of halogens is 3. The third-order valence-electron chi connectivity index (χ3n) is 4.11. The molecule has 1 aromatic heterocycles. The van der Waals surface area contributed by atoms with E-state index >= 15 is 0 Å². The molecular formula is C18H18F3N3O. The highest BCUT2D eigenvalue weighted by Gasteiger charge is 2.29. The number of nitrogens with zero attached hydrogens (tertiary/aromatic N) is 3. The van der Waals surface area contributed by atoms with Gasteiger partial charge in [0.2, 0.25) is 0 Å². The van der Waals surface area contributed by atoms with Crippen LogP contribution < -0.4 is 4.90 Å². The molecule has 0 aliphatic carbocycles. The number of aromatic nitrogens is 2. The van der Waals surface area contributed by atoms with E-state index < -0.39 is 11.7 Å². The Morgan fingerprint density at radius 2 is 1.72 bits per heavy atom. The Morgan fingerprint density at radius 1 is 1.04 bits per heavy atom. The predicted octanol–water partition coefficient (Wildman–Crippen LogP) is 3.63. The molecule has 0 saturated carbocycles. The molecule has 2 heterocycles. The first-order valence-electron chi connectivity index (χ1n) is 8.03. The zero-order valence-electron chi connectivity index (χ0n) is 13.4. The smallest absolute Gasteiger partial charge is 0.393 e. The largest absolute Gasteiger partial charge is 0.416 e. The maximum absolute atomic E-state index is 12.6. The molecule has 0 amide bonds. The number of aliphatic hydroxyl groups excluding tert-OH is 1. The second-order valence-corrected chi connectivity index (χ2v) is 5.94. The summed E-state index contributed by atoms with van der Waals surface area (Å²) < 4.78 is 37.7. The summed E-state index contributed by atoms with van der Waals surface area (Å²) >= 11 is 0. The van der Waals surface area contributed by atoms with E-state index in [1.165, 1.54) is 12.1 Å². The summed E-state index contributed by atoms with van der Waals surface area (Å²) in [4.78, 5) is 10.7. The van der Waals surface area contributed by atoms with E-state index in [2.05, 4.69) is 14.9 Å². The maximum atomic E-state index is 12.6. The molecule has 1 aliphatic heterocycles. The summed E-state index contributed by atoms with van der Waals surface area (Å²) in [7, 11) is 0. The molecule has 1 fully saturated rings. The average molecular weight is 349 g/mol. The Hall–Kier alpha value is -2.41. The van der Waals surface area contributed by atoms with Gasteiger partial charge in [0.05, 0.1) is 11.7 Å². The number of benzene rings is 1. The first kappa shape index (κ1) is 17.4. The van der Waals surface area contributed by atoms with Crippen molar-refractivity contribution in [3.8, 4) is 0 Å². The summed E-state index contributed by atoms with van der Waals surface area (Å²) in [5, 5.41) is 9.57. The second kappa shape index (κ2) is 7.23. The van der Waals surface area contributed by atoms with Gasteiger partial charge in [-0.05, 0) is 42.7 Å². The molecule has 1 aliphatic rings. The molecule has 1 saturated heterocycles. The quantitative estimate of drug-likeness (QED) is 0.919. The fourth-order valence-electron chi connectivity index (χ4n) is 2.67. The van der Waals surface area contributed by atoms with Gasteiger partial charge in [-0.2, -0.15) is 13.2 Å². The molecule has 1 N–H and O–H groups in total. The lowest BCUT2D eigenvalue weighted by Gasteiger charge is -2.30. The topological polar surface area (TPSA) is 49.2 Å². The second-order valence-electron chi connectivity index (χ2n) is 5.94. The lowest BCUT2D eigenvalue weighted by molar-refractivity contribution is -0.137. The van der Waals surface area contributed by atoms with Crippen LogP contribution in [0.5, 0.6) is 0 Å². The van der Waals surface area contributed by atoms with Crippen LogP contribution >= 0.6 is 0 Å². The zero-order valence-corrected chi connectivity index (χ0v) is 13.4. The van der Waals surface area contributed by atoms with E-state index in [-0.39, 0.29) is 6.10 Å². The molecule has 0 bridgehead atoms. The molecule has 25 heavy (non-hydrogen) atoms. The fourth-order valence-corrected chi connectivity index (χ4v) is 2.67. The van der Waals surface area contributed by atoms with Gasteiger partial charge < -0.3 is 10.0 Å². The number of alkyl halides is 3. The highest BCUT2D eigenvalue weighted by Crippen LogP contribution is 2.29. The van der Waals surface area contributed by atoms with Gasteiger partial charge in [0.15, 0.2) is 5.82 Å². The lowest BCUT2D eigenvalue weighted by atomic mass is 10.1. The Morgan fingerprint density at radius 3 is 2.36 bits per heavy atom. The van der Waals surface area contributed by atoms with E-state index in [9.17, 15) is 18.3 Å². The third kappa shape index (κ3) is 4.57. The number of hydrogen-bond donors (Lipinski definition) is 1. The van der Waals surface area contributed by atoms with E-state index in [4.69, 9.17) is 0 Å². The highest BCUT2D eigenvalue weighted by atomic mass is 19.4. The van der Waals surface area contributed by atoms with Gasteiger partial charge in [0.1, 0.15) is 5.82 Å². The first-order chi connectivity index (χ1) is 11.9. The van der Waals surface area contributed by atoms with Crippen LogP contribution in [0.25, 0.3) is 12.2 Å². The minimum atomic E-state index is -4.33. The number of anilines is 1. The molecule has 0 unspecified atom stereocenters. The molecular weight excluding hydrogens is 331 g/mol. The summed E-state index contributed by atoms with van der Waals surface area (Å²) in [5.74, 6) is 1.28. The Labute approximate surface area is 143 Å². The van der Waals surface area contributed by atoms with Crippen LogP contribution in [0.1, 0.15) is 29.8 Å². The Kier molecular flexibility index (Phi) is 5.03. The van der Waals surface area contributed by atoms with Gasteiger partial charge in [-0.15, -0.1) is 0 Å². The maximum Gasteiger partial charge on any atom is 0.416 e. The number of aliphatic hydroxyl groups is 1. The molecule has 132 valence electrons. The molecule has 0 atom stereocenters. The van der Waals surface area contributed by atoms with Gasteiger partial charge in [-0.25, -0.2) is 9.97 Å². The molecule has 2 aromatic rings. The SMILES string of the molecule is OC1CCN(c2ccnc(C=Cc3ccc(C(F)(F)F)cc3)n2)CC1. The molecule has 1 aromatic carbocycles. The van der Waals surface area contributed by atoms with Gasteiger partial charge >= 0.3 is 6.18 Å². The minimum Gasteiger partial charge on any atom is -0.393 e. The summed E-state index contributed by atoms with van der Waals surface area (Å²) in [5.41, 5.74) is -0.0294. The van der Waals surface area contributed by atoms with Crippen molar-refractivity contribution >= 4 is 18.0 Å². The standard InChI is InChI=1S/C18H18F3N3O/c19-18(20,21)14-4-1-13(2-5-14)3-6-16-22-10-7-17(23-16)24-11-8-15(25)9-12-24/h1-7,10,15,25H,8-9,11-12H2. The van der Waals surface area contributed by atoms with Crippen molar-refractivity contribution in [2.45, 2.75) is 25.1 Å². The van der Waals surface area contributed by atoms with Crippen molar-refractivity contribution in [1.82, 2.24) is 9.97 Å². The van der Waals surface area contributed by atoms with Crippen molar-refractivity contribution in [3.63, 3.8) is 0 Å². The van der Waals surface area contributed by atoms with Gasteiger partial charge in [-0.1, -0.05) is 18.2 Å². The van der Waals surface area contributed by atoms with Gasteiger partial charge in [0.25, 0.3) is 0 Å². The van der Waals surface area contributed by atoms with E-state index in [1.54, 1.807) is 18.3 Å². The lowest BCUT2D eigenvalue weighted by Crippen LogP contribution is -2.36. The molecule has 0 spiro atoms. The van der Waals surface area contributed by atoms with Crippen molar-refractivity contribution in [1.29, 1.82) is 0 Å². The first-order valence-corrected chi connectivity index (χ1v) is 8.03. The fraction of sp³-hybridized carbons (Fsp3) is 0.333. The van der Waals surface area contributed by atoms with Crippen LogP contribution in [0.15, 0.2) is 36.5 Å². The van der Waals surface area contributed by atoms with Crippen LogP contribution in [0.3, 0.4) is 0 Å². The van der Waals surface area contributed by atoms with Crippen LogP contribution in [-0.2, 0) is 6.18 Å². The normalized spacial score (nSPS) is 16.6. The van der Waals surface area contributed by atoms with E-state index in [0.717, 1.165) is 31.0 Å². The van der Waals surface area contributed by atoms with Crippen LogP contribution in [-0.4, -0.2) is 34.3 Å². The number of hydrogen-bond acceptors (Lipinski definition) is 4. The van der Waals surface area contributed by atoms with Gasteiger partial charge in [-0.3, -0.25) is 0 Å². The van der Waals surface area contributed by atoms with Crippen LogP contribution in [0, 0.1) is 0 Å². The average Bonchev–Trinajstić information content (AvgIpc) is 2.60. The van der Waals surface area contributed by atoms with Crippen molar-refractivity contribution in [3.05, 3.63) is 53.5 Å². The zero-order chi connectivity index (χ0) is 17.9. The molecule has 3 rings (SSSR count). The minimum absolute atomic E-state index is 0.253. The van der Waals surface area contributed by atoms with Crippen LogP contribution in [0.2, 0.25) is 0 Å². The van der Waals surface area contributed by atoms with E-state index in [0.29, 0.717) is 24.2 Å². The van der Waals surface area contributed by atoms with Crippen molar-refractivity contribution in [2.75, 3.05) is 18.0 Å². The highest BCUT2D eigenvalue weighted by molar-refractivity contribution is 5.67. The summed E-state index contributed by atoms with van der Waals surface area (Å²) in [6.45, 7) is 1.47. The Bertz CT molecular complexity index is 736. The number of rotatable bonds is 3. The Balaban J connectivity index is 1.70. The van der Waals surface area contributed by atoms with Gasteiger partial charge in [0, 0.05) is 19.3 Å². The predicted molar refractivity (Wildman–Crippen MR) is 89.9 cm³/mol. The third-order valence-corrected chi connectivity index (χ3v) is 4.11. The summed E-state index contributed by atoms with van der Waals surface area (Å²) in [6.07, 6.45) is 1.84. The molecule has 0 radical (unpaired) electrons. The summed E-state index contributed by atoms with van der Waals surface area (Å²) in [6, 6.07) is 6.74. The van der Waals surface area contributed by atoms with Crippen LogP contribution in [0.4, 0.5) is 19.0 Å². The van der Waals surface area contributed by atoms with Crippen molar-refractivity contribution in [2.24, 2.45) is 0 Å². The van der Waals surface area contributed by atoms with E-state index in [1.807, 2.05) is 6.07 Å². The van der Waals surface area contributed by atoms with Crippen molar-refractivity contribution < 1.29 is 18.3 Å². The number of piperidine rings is 1. The molecule has 7 heteroatoms. The molecule has 4 nitrogen and oxygen atoms in total.